The number of ether oxygens (including phenoxy) is 1. The SMILES string of the molecule is COc1ccc([N+](=O)[O-])c(NCC2(C)CCCNC2)n1. The molecule has 2 heterocycles. The van der Waals surface area contributed by atoms with Gasteiger partial charge in [0.2, 0.25) is 11.7 Å². The fourth-order valence-electron chi connectivity index (χ4n) is 2.39. The molecule has 0 saturated carbocycles. The molecule has 1 aromatic heterocycles. The summed E-state index contributed by atoms with van der Waals surface area (Å²) in [5.74, 6) is 0.631. The summed E-state index contributed by atoms with van der Waals surface area (Å²) < 4.78 is 5.02. The summed E-state index contributed by atoms with van der Waals surface area (Å²) in [6, 6.07) is 2.91. The Morgan fingerprint density at radius 3 is 3.00 bits per heavy atom. The van der Waals surface area contributed by atoms with Gasteiger partial charge in [-0.05, 0) is 24.8 Å². The van der Waals surface area contributed by atoms with Crippen LogP contribution >= 0.6 is 0 Å². The quantitative estimate of drug-likeness (QED) is 0.631. The highest BCUT2D eigenvalue weighted by molar-refractivity contribution is 5.57. The third-order valence-corrected chi connectivity index (χ3v) is 3.62. The lowest BCUT2D eigenvalue weighted by Crippen LogP contribution is -2.42. The third-order valence-electron chi connectivity index (χ3n) is 3.62. The number of pyridine rings is 1. The van der Waals surface area contributed by atoms with Gasteiger partial charge in [0.05, 0.1) is 12.0 Å². The Bertz CT molecular complexity index is 487. The van der Waals surface area contributed by atoms with Crippen LogP contribution in [-0.2, 0) is 0 Å². The van der Waals surface area contributed by atoms with E-state index in [0.717, 1.165) is 25.9 Å². The molecule has 2 rings (SSSR count). The summed E-state index contributed by atoms with van der Waals surface area (Å²) in [5, 5.41) is 17.5. The molecule has 0 radical (unpaired) electrons. The first-order valence-electron chi connectivity index (χ1n) is 6.68. The second-order valence-electron chi connectivity index (χ2n) is 5.42. The van der Waals surface area contributed by atoms with Crippen molar-refractivity contribution in [1.29, 1.82) is 0 Å². The number of rotatable bonds is 5. The van der Waals surface area contributed by atoms with Crippen molar-refractivity contribution in [2.75, 3.05) is 32.1 Å². The first kappa shape index (κ1) is 14.5. The van der Waals surface area contributed by atoms with E-state index in [0.29, 0.717) is 12.4 Å². The van der Waals surface area contributed by atoms with Gasteiger partial charge in [-0.3, -0.25) is 10.1 Å². The van der Waals surface area contributed by atoms with Crippen molar-refractivity contribution in [2.45, 2.75) is 19.8 Å². The van der Waals surface area contributed by atoms with Gasteiger partial charge in [-0.2, -0.15) is 4.98 Å². The summed E-state index contributed by atoms with van der Waals surface area (Å²) in [4.78, 5) is 14.7. The van der Waals surface area contributed by atoms with Crippen LogP contribution in [0.5, 0.6) is 5.88 Å². The van der Waals surface area contributed by atoms with Crippen molar-refractivity contribution in [2.24, 2.45) is 5.41 Å². The third kappa shape index (κ3) is 3.36. The van der Waals surface area contributed by atoms with Crippen LogP contribution in [0.2, 0.25) is 0 Å². The van der Waals surface area contributed by atoms with E-state index >= 15 is 0 Å². The smallest absolute Gasteiger partial charge is 0.311 e. The van der Waals surface area contributed by atoms with Crippen LogP contribution in [0, 0.1) is 15.5 Å². The molecule has 110 valence electrons. The Morgan fingerprint density at radius 2 is 2.40 bits per heavy atom. The highest BCUT2D eigenvalue weighted by Gasteiger charge is 2.28. The average Bonchev–Trinajstić information content (AvgIpc) is 2.45. The second kappa shape index (κ2) is 6.04. The number of nitro groups is 1. The van der Waals surface area contributed by atoms with Gasteiger partial charge in [0.15, 0.2) is 0 Å². The number of hydrogen-bond donors (Lipinski definition) is 2. The maximum atomic E-state index is 11.0. The molecule has 1 fully saturated rings. The molecule has 7 nitrogen and oxygen atoms in total. The van der Waals surface area contributed by atoms with Crippen LogP contribution in [0.25, 0.3) is 0 Å². The standard InChI is InChI=1S/C13H20N4O3/c1-13(6-3-7-14-8-13)9-15-12-10(17(18)19)4-5-11(16-12)20-2/h4-5,14H,3,6-9H2,1-2H3,(H,15,16). The van der Waals surface area contributed by atoms with E-state index in [-0.39, 0.29) is 16.9 Å². The summed E-state index contributed by atoms with van der Waals surface area (Å²) in [7, 11) is 1.49. The number of nitrogens with one attached hydrogen (secondary N) is 2. The van der Waals surface area contributed by atoms with Crippen molar-refractivity contribution in [1.82, 2.24) is 10.3 Å². The minimum absolute atomic E-state index is 0.0295. The molecule has 2 N–H and O–H groups in total. The predicted octanol–water partition coefficient (Wildman–Crippen LogP) is 1.80. The molecule has 1 aliphatic rings. The zero-order valence-corrected chi connectivity index (χ0v) is 11.8. The topological polar surface area (TPSA) is 89.3 Å². The molecule has 0 amide bonds. The molecule has 7 heteroatoms. The highest BCUT2D eigenvalue weighted by atomic mass is 16.6. The van der Waals surface area contributed by atoms with Gasteiger partial charge in [-0.15, -0.1) is 0 Å². The number of hydrogen-bond acceptors (Lipinski definition) is 6. The molecular weight excluding hydrogens is 260 g/mol. The first-order chi connectivity index (χ1) is 9.54. The van der Waals surface area contributed by atoms with Crippen molar-refractivity contribution >= 4 is 11.5 Å². The van der Waals surface area contributed by atoms with Crippen molar-refractivity contribution in [3.63, 3.8) is 0 Å². The molecular formula is C13H20N4O3. The zero-order valence-electron chi connectivity index (χ0n) is 11.8. The number of nitrogens with zero attached hydrogens (tertiary/aromatic N) is 2. The highest BCUT2D eigenvalue weighted by Crippen LogP contribution is 2.29. The minimum atomic E-state index is -0.434. The Morgan fingerprint density at radius 1 is 1.60 bits per heavy atom. The van der Waals surface area contributed by atoms with Crippen molar-refractivity contribution in [3.8, 4) is 5.88 Å². The molecule has 1 saturated heterocycles. The minimum Gasteiger partial charge on any atom is -0.481 e. The molecule has 20 heavy (non-hydrogen) atoms. The van der Waals surface area contributed by atoms with E-state index in [1.165, 1.54) is 19.2 Å². The van der Waals surface area contributed by atoms with Gasteiger partial charge in [0, 0.05) is 25.2 Å². The van der Waals surface area contributed by atoms with E-state index in [1.54, 1.807) is 0 Å². The molecule has 1 aromatic rings. The second-order valence-corrected chi connectivity index (χ2v) is 5.42. The summed E-state index contributed by atoms with van der Waals surface area (Å²) in [6.07, 6.45) is 2.20. The van der Waals surface area contributed by atoms with Crippen LogP contribution in [0.4, 0.5) is 11.5 Å². The maximum absolute atomic E-state index is 11.0. The van der Waals surface area contributed by atoms with Crippen LogP contribution < -0.4 is 15.4 Å². The van der Waals surface area contributed by atoms with Gasteiger partial charge < -0.3 is 15.4 Å². The van der Waals surface area contributed by atoms with Gasteiger partial charge in [0.1, 0.15) is 0 Å². The maximum Gasteiger partial charge on any atom is 0.311 e. The first-order valence-corrected chi connectivity index (χ1v) is 6.68. The monoisotopic (exact) mass is 280 g/mol. The van der Waals surface area contributed by atoms with Crippen LogP contribution in [0.1, 0.15) is 19.8 Å². The molecule has 1 unspecified atom stereocenters. The Labute approximate surface area is 117 Å². The molecule has 1 atom stereocenters. The van der Waals surface area contributed by atoms with E-state index in [2.05, 4.69) is 22.5 Å². The van der Waals surface area contributed by atoms with Crippen LogP contribution in [0.15, 0.2) is 12.1 Å². The van der Waals surface area contributed by atoms with Crippen LogP contribution in [0.3, 0.4) is 0 Å². The molecule has 0 aromatic carbocycles. The van der Waals surface area contributed by atoms with Crippen molar-refractivity contribution in [3.05, 3.63) is 22.2 Å². The van der Waals surface area contributed by atoms with E-state index in [9.17, 15) is 10.1 Å². The van der Waals surface area contributed by atoms with Gasteiger partial charge in [-0.1, -0.05) is 6.92 Å². The Kier molecular flexibility index (Phi) is 4.39. The van der Waals surface area contributed by atoms with Gasteiger partial charge in [0.25, 0.3) is 0 Å². The largest absolute Gasteiger partial charge is 0.481 e. The number of methoxy groups -OCH3 is 1. The molecule has 1 aliphatic heterocycles. The molecule has 0 spiro atoms. The normalized spacial score (nSPS) is 22.3. The van der Waals surface area contributed by atoms with Crippen LogP contribution in [-0.4, -0.2) is 36.7 Å². The van der Waals surface area contributed by atoms with E-state index in [1.807, 2.05) is 0 Å². The number of anilines is 1. The molecule has 0 aliphatic carbocycles. The lowest BCUT2D eigenvalue weighted by atomic mass is 9.83. The van der Waals surface area contributed by atoms with E-state index in [4.69, 9.17) is 4.74 Å². The summed E-state index contributed by atoms with van der Waals surface area (Å²) >= 11 is 0. The van der Waals surface area contributed by atoms with E-state index < -0.39 is 4.92 Å². The summed E-state index contributed by atoms with van der Waals surface area (Å²) in [6.45, 7) is 4.74. The Balaban J connectivity index is 2.12. The summed E-state index contributed by atoms with van der Waals surface area (Å²) in [5.41, 5.74) is 0.0508. The lowest BCUT2D eigenvalue weighted by molar-refractivity contribution is -0.384. The molecule has 0 bridgehead atoms. The Hall–Kier alpha value is -1.89. The van der Waals surface area contributed by atoms with Gasteiger partial charge >= 0.3 is 5.69 Å². The average molecular weight is 280 g/mol. The van der Waals surface area contributed by atoms with Gasteiger partial charge in [-0.25, -0.2) is 0 Å². The number of aromatic nitrogens is 1. The number of piperidine rings is 1. The fraction of sp³-hybridized carbons (Fsp3) is 0.615. The fourth-order valence-corrected chi connectivity index (χ4v) is 2.39. The predicted molar refractivity (Wildman–Crippen MR) is 76.1 cm³/mol. The zero-order chi connectivity index (χ0) is 14.6. The van der Waals surface area contributed by atoms with Crippen molar-refractivity contribution < 1.29 is 9.66 Å². The lowest BCUT2D eigenvalue weighted by Gasteiger charge is -2.34.